The number of hydrogen-bond donors (Lipinski definition) is 3. The van der Waals surface area contributed by atoms with Crippen LogP contribution in [0.4, 0.5) is 11.4 Å². The van der Waals surface area contributed by atoms with E-state index >= 15 is 0 Å². The average Bonchev–Trinajstić information content (AvgIpc) is 3.05. The molecule has 4 heterocycles. The fourth-order valence-corrected chi connectivity index (χ4v) is 3.32. The lowest BCUT2D eigenvalue weighted by Crippen LogP contribution is -2.42. The molecule has 1 unspecified atom stereocenters. The molecule has 3 aromatic rings. The van der Waals surface area contributed by atoms with E-state index < -0.39 is 0 Å². The fourth-order valence-electron chi connectivity index (χ4n) is 3.32. The summed E-state index contributed by atoms with van der Waals surface area (Å²) >= 11 is 0. The second-order valence-corrected chi connectivity index (χ2v) is 6.30. The first-order valence-electron chi connectivity index (χ1n) is 8.40. The first-order chi connectivity index (χ1) is 12.2. The number of rotatable bonds is 3. The number of piperidine rings is 1. The first kappa shape index (κ1) is 18.2. The molecule has 1 aliphatic rings. The Kier molecular flexibility index (Phi) is 5.39. The van der Waals surface area contributed by atoms with Crippen molar-refractivity contribution in [3.63, 3.8) is 0 Å². The van der Waals surface area contributed by atoms with Gasteiger partial charge in [-0.05, 0) is 31.0 Å². The highest BCUT2D eigenvalue weighted by atomic mass is 35.5. The van der Waals surface area contributed by atoms with Crippen LogP contribution >= 0.6 is 12.4 Å². The van der Waals surface area contributed by atoms with Gasteiger partial charge in [0.05, 0.1) is 22.3 Å². The third-order valence-corrected chi connectivity index (χ3v) is 4.52. The molecule has 1 aliphatic heterocycles. The Morgan fingerprint density at radius 2 is 2.23 bits per heavy atom. The van der Waals surface area contributed by atoms with E-state index in [1.807, 2.05) is 6.07 Å². The number of aromatic nitrogens is 3. The predicted octanol–water partition coefficient (Wildman–Crippen LogP) is 2.56. The molecule has 3 aromatic heterocycles. The lowest BCUT2D eigenvalue weighted by Gasteiger charge is -2.33. The van der Waals surface area contributed by atoms with Crippen molar-refractivity contribution in [2.75, 3.05) is 23.3 Å². The lowest BCUT2D eigenvalue weighted by atomic mass is 10.1. The quantitative estimate of drug-likeness (QED) is 0.656. The Morgan fingerprint density at radius 3 is 3.00 bits per heavy atom. The summed E-state index contributed by atoms with van der Waals surface area (Å²) in [6.45, 7) is 1.76. The molecule has 4 rings (SSSR count). The molecule has 0 aliphatic carbocycles. The van der Waals surface area contributed by atoms with Crippen LogP contribution in [-0.2, 0) is 0 Å². The molecule has 0 saturated carbocycles. The zero-order chi connectivity index (χ0) is 17.2. The summed E-state index contributed by atoms with van der Waals surface area (Å²) < 4.78 is 0. The maximum Gasteiger partial charge on any atom is 0.257 e. The largest absolute Gasteiger partial charge is 0.369 e. The van der Waals surface area contributed by atoms with Crippen LogP contribution in [0.25, 0.3) is 11.0 Å². The van der Waals surface area contributed by atoms with Crippen LogP contribution in [0.5, 0.6) is 0 Å². The van der Waals surface area contributed by atoms with Crippen molar-refractivity contribution in [2.45, 2.75) is 18.9 Å². The molecular formula is C18H21ClN6O. The maximum atomic E-state index is 12.5. The Morgan fingerprint density at radius 1 is 1.35 bits per heavy atom. The van der Waals surface area contributed by atoms with Crippen molar-refractivity contribution < 1.29 is 4.79 Å². The van der Waals surface area contributed by atoms with Gasteiger partial charge in [0.2, 0.25) is 0 Å². The number of anilines is 2. The molecule has 4 N–H and O–H groups in total. The Labute approximate surface area is 157 Å². The number of nitrogens with zero attached hydrogens (tertiary/aromatic N) is 3. The Hall–Kier alpha value is -2.64. The smallest absolute Gasteiger partial charge is 0.257 e. The van der Waals surface area contributed by atoms with Gasteiger partial charge in [0.1, 0.15) is 5.65 Å². The summed E-state index contributed by atoms with van der Waals surface area (Å²) in [5, 5.41) is 3.87. The molecule has 0 radical (unpaired) electrons. The highest BCUT2D eigenvalue weighted by Gasteiger charge is 2.21. The minimum atomic E-state index is -0.195. The SMILES string of the molecule is Cl.NC1CCCN(c2ccnc3[nH]cc(NC(=O)c4cccnc4)c23)C1. The fraction of sp³-hybridized carbons (Fsp3) is 0.278. The number of fused-ring (bicyclic) bond motifs is 1. The topological polar surface area (TPSA) is 99.9 Å². The standard InChI is InChI=1S/C18H20N6O.ClH/c19-13-4-2-8-24(11-13)15-5-7-21-17-16(15)14(10-22-17)23-18(25)12-3-1-6-20-9-12;/h1,3,5-7,9-10,13H,2,4,8,11,19H2,(H,21,22)(H,23,25);1H. The normalized spacial score (nSPS) is 17.0. The van der Waals surface area contributed by atoms with E-state index in [-0.39, 0.29) is 24.4 Å². The Balaban J connectivity index is 0.00000196. The molecule has 0 bridgehead atoms. The van der Waals surface area contributed by atoms with Crippen LogP contribution in [0.1, 0.15) is 23.2 Å². The molecule has 1 amide bonds. The summed E-state index contributed by atoms with van der Waals surface area (Å²) in [4.78, 5) is 26.3. The van der Waals surface area contributed by atoms with E-state index in [9.17, 15) is 4.79 Å². The third-order valence-electron chi connectivity index (χ3n) is 4.52. The van der Waals surface area contributed by atoms with E-state index in [1.165, 1.54) is 0 Å². The van der Waals surface area contributed by atoms with Crippen molar-refractivity contribution in [1.82, 2.24) is 15.0 Å². The van der Waals surface area contributed by atoms with Crippen LogP contribution < -0.4 is 16.0 Å². The van der Waals surface area contributed by atoms with Crippen LogP contribution in [0.2, 0.25) is 0 Å². The number of nitrogens with two attached hydrogens (primary N) is 1. The molecule has 1 fully saturated rings. The molecule has 8 heteroatoms. The van der Waals surface area contributed by atoms with Crippen molar-refractivity contribution in [3.05, 3.63) is 48.5 Å². The summed E-state index contributed by atoms with van der Waals surface area (Å²) in [6, 6.07) is 5.63. The van der Waals surface area contributed by atoms with E-state index in [2.05, 4.69) is 25.2 Å². The highest BCUT2D eigenvalue weighted by Crippen LogP contribution is 2.33. The van der Waals surface area contributed by atoms with Gasteiger partial charge in [-0.1, -0.05) is 0 Å². The number of aromatic amines is 1. The van der Waals surface area contributed by atoms with Crippen molar-refractivity contribution in [3.8, 4) is 0 Å². The summed E-state index contributed by atoms with van der Waals surface area (Å²) in [7, 11) is 0. The highest BCUT2D eigenvalue weighted by molar-refractivity contribution is 6.11. The van der Waals surface area contributed by atoms with Crippen molar-refractivity contribution >= 4 is 40.7 Å². The summed E-state index contributed by atoms with van der Waals surface area (Å²) in [5.41, 5.74) is 9.16. The van der Waals surface area contributed by atoms with Gasteiger partial charge in [-0.2, -0.15) is 0 Å². The van der Waals surface area contributed by atoms with Gasteiger partial charge in [-0.25, -0.2) is 4.98 Å². The molecule has 7 nitrogen and oxygen atoms in total. The molecule has 1 saturated heterocycles. The average molecular weight is 373 g/mol. The molecule has 1 atom stereocenters. The molecule has 26 heavy (non-hydrogen) atoms. The van der Waals surface area contributed by atoms with E-state index in [1.54, 1.807) is 36.9 Å². The molecule has 0 spiro atoms. The van der Waals surface area contributed by atoms with Gasteiger partial charge in [-0.3, -0.25) is 9.78 Å². The Bertz CT molecular complexity index is 897. The monoisotopic (exact) mass is 372 g/mol. The minimum Gasteiger partial charge on any atom is -0.369 e. The number of carbonyl (C=O) groups is 1. The molecule has 136 valence electrons. The zero-order valence-electron chi connectivity index (χ0n) is 14.2. The van der Waals surface area contributed by atoms with E-state index in [4.69, 9.17) is 5.73 Å². The predicted molar refractivity (Wildman–Crippen MR) is 105 cm³/mol. The number of amides is 1. The van der Waals surface area contributed by atoms with E-state index in [0.717, 1.165) is 42.7 Å². The number of hydrogen-bond acceptors (Lipinski definition) is 5. The second kappa shape index (κ2) is 7.72. The van der Waals surface area contributed by atoms with Crippen LogP contribution in [-0.4, -0.2) is 40.0 Å². The first-order valence-corrected chi connectivity index (χ1v) is 8.40. The number of pyridine rings is 2. The van der Waals surface area contributed by atoms with Crippen LogP contribution in [0.3, 0.4) is 0 Å². The molecular weight excluding hydrogens is 352 g/mol. The number of H-pyrrole nitrogens is 1. The zero-order valence-corrected chi connectivity index (χ0v) is 15.0. The maximum absolute atomic E-state index is 12.5. The molecule has 0 aromatic carbocycles. The number of halogens is 1. The van der Waals surface area contributed by atoms with Crippen molar-refractivity contribution in [1.29, 1.82) is 0 Å². The van der Waals surface area contributed by atoms with Gasteiger partial charge >= 0.3 is 0 Å². The van der Waals surface area contributed by atoms with Gasteiger partial charge in [0.25, 0.3) is 5.91 Å². The number of carbonyl (C=O) groups excluding carboxylic acids is 1. The van der Waals surface area contributed by atoms with Gasteiger partial charge in [0.15, 0.2) is 0 Å². The summed E-state index contributed by atoms with van der Waals surface area (Å²) in [5.74, 6) is -0.195. The van der Waals surface area contributed by atoms with Gasteiger partial charge in [-0.15, -0.1) is 12.4 Å². The van der Waals surface area contributed by atoms with E-state index in [0.29, 0.717) is 11.3 Å². The van der Waals surface area contributed by atoms with Gasteiger partial charge < -0.3 is 20.9 Å². The second-order valence-electron chi connectivity index (χ2n) is 6.30. The minimum absolute atomic E-state index is 0. The van der Waals surface area contributed by atoms with Crippen LogP contribution in [0.15, 0.2) is 43.0 Å². The van der Waals surface area contributed by atoms with Crippen LogP contribution in [0, 0.1) is 0 Å². The van der Waals surface area contributed by atoms with Gasteiger partial charge in [0, 0.05) is 43.9 Å². The number of nitrogens with one attached hydrogen (secondary N) is 2. The van der Waals surface area contributed by atoms with Crippen molar-refractivity contribution in [2.24, 2.45) is 5.73 Å². The third kappa shape index (κ3) is 3.49. The lowest BCUT2D eigenvalue weighted by molar-refractivity contribution is 0.102. The summed E-state index contributed by atoms with van der Waals surface area (Å²) in [6.07, 6.45) is 8.85.